The van der Waals surface area contributed by atoms with Gasteiger partial charge in [-0.05, 0) is 55.7 Å². The molecule has 1 heterocycles. The van der Waals surface area contributed by atoms with Crippen LogP contribution in [0.5, 0.6) is 5.75 Å². The lowest BCUT2D eigenvalue weighted by Crippen LogP contribution is -2.33. The van der Waals surface area contributed by atoms with Crippen LogP contribution in [0.1, 0.15) is 51.0 Å². The fraction of sp³-hybridized carbons (Fsp3) is 0.407. The number of nitrogens with zero attached hydrogens (tertiary/aromatic N) is 3. The predicted octanol–water partition coefficient (Wildman–Crippen LogP) is 6.50. The molecule has 3 rings (SSSR count). The summed E-state index contributed by atoms with van der Waals surface area (Å²) < 4.78 is 11.6. The molecule has 6 nitrogen and oxygen atoms in total. The van der Waals surface area contributed by atoms with Crippen molar-refractivity contribution in [1.29, 1.82) is 0 Å². The van der Waals surface area contributed by atoms with Crippen LogP contribution in [0.3, 0.4) is 0 Å². The van der Waals surface area contributed by atoms with Gasteiger partial charge in [0.05, 0.1) is 12.8 Å². The smallest absolute Gasteiger partial charge is 0.214 e. The Kier molecular flexibility index (Phi) is 9.36. The minimum absolute atomic E-state index is 0.334. The quantitative estimate of drug-likeness (QED) is 0.195. The zero-order valence-corrected chi connectivity index (χ0v) is 20.1. The molecule has 2 aromatic carbocycles. The topological polar surface area (TPSA) is 76.3 Å². The number of rotatable bonds is 12. The number of benzene rings is 2. The zero-order valence-electron chi connectivity index (χ0n) is 20.1. The summed E-state index contributed by atoms with van der Waals surface area (Å²) in [6, 6.07) is 14.2. The summed E-state index contributed by atoms with van der Waals surface area (Å²) in [5.74, 6) is 1.67. The summed E-state index contributed by atoms with van der Waals surface area (Å²) in [5.41, 5.74) is 8.36. The van der Waals surface area contributed by atoms with E-state index in [9.17, 15) is 0 Å². The van der Waals surface area contributed by atoms with Crippen molar-refractivity contribution >= 4 is 34.5 Å². The van der Waals surface area contributed by atoms with Crippen LogP contribution in [0.2, 0.25) is 0 Å². The van der Waals surface area contributed by atoms with Gasteiger partial charge in [0.25, 0.3) is 0 Å². The number of nitrogens with two attached hydrogens (primary N) is 1. The molecule has 0 aliphatic carbocycles. The number of aryl methyl sites for hydroxylation is 1. The molecule has 0 spiro atoms. The van der Waals surface area contributed by atoms with E-state index in [1.807, 2.05) is 35.2 Å². The molecule has 0 radical (unpaired) electrons. The van der Waals surface area contributed by atoms with Crippen molar-refractivity contribution < 1.29 is 9.15 Å². The van der Waals surface area contributed by atoms with Gasteiger partial charge in [0.2, 0.25) is 11.8 Å². The van der Waals surface area contributed by atoms with Crippen LogP contribution in [-0.2, 0) is 6.42 Å². The average molecular weight is 449 g/mol. The van der Waals surface area contributed by atoms with Crippen LogP contribution < -0.4 is 15.4 Å². The highest BCUT2D eigenvalue weighted by Gasteiger charge is 2.23. The van der Waals surface area contributed by atoms with Crippen LogP contribution in [0, 0.1) is 0 Å². The normalized spacial score (nSPS) is 12.0. The van der Waals surface area contributed by atoms with Crippen LogP contribution in [0.25, 0.3) is 10.8 Å². The Balaban J connectivity index is 1.76. The maximum absolute atomic E-state index is 6.35. The molecule has 6 heteroatoms. The van der Waals surface area contributed by atoms with E-state index in [-0.39, 0.29) is 0 Å². The van der Waals surface area contributed by atoms with Crippen molar-refractivity contribution in [1.82, 2.24) is 0 Å². The number of hydrogen-bond acceptors (Lipinski definition) is 4. The van der Waals surface area contributed by atoms with Gasteiger partial charge >= 0.3 is 0 Å². The summed E-state index contributed by atoms with van der Waals surface area (Å²) in [7, 11) is 3.33. The van der Waals surface area contributed by atoms with Crippen molar-refractivity contribution in [2.24, 2.45) is 15.7 Å². The van der Waals surface area contributed by atoms with E-state index in [4.69, 9.17) is 14.9 Å². The number of unbranched alkanes of at least 4 members (excludes halogenated alkanes) is 4. The number of ether oxygens (including phenoxy) is 1. The summed E-state index contributed by atoms with van der Waals surface area (Å²) in [6.07, 6.45) is 11.8. The molecule has 1 aromatic heterocycles. The minimum atomic E-state index is 0.334. The predicted molar refractivity (Wildman–Crippen MR) is 139 cm³/mol. The highest BCUT2D eigenvalue weighted by Crippen LogP contribution is 2.39. The van der Waals surface area contributed by atoms with E-state index in [1.165, 1.54) is 31.2 Å². The fourth-order valence-electron chi connectivity index (χ4n) is 3.86. The van der Waals surface area contributed by atoms with E-state index >= 15 is 0 Å². The number of hydrogen-bond donors (Lipinski definition) is 1. The first-order valence-electron chi connectivity index (χ1n) is 11.8. The second-order valence-electron chi connectivity index (χ2n) is 8.09. The molecule has 0 saturated carbocycles. The van der Waals surface area contributed by atoms with Crippen molar-refractivity contribution in [2.45, 2.75) is 51.9 Å². The largest absolute Gasteiger partial charge is 0.495 e. The molecule has 0 saturated heterocycles. The Morgan fingerprint density at radius 3 is 2.76 bits per heavy atom. The van der Waals surface area contributed by atoms with E-state index in [2.05, 4.69) is 35.3 Å². The monoisotopic (exact) mass is 448 g/mol. The first-order chi connectivity index (χ1) is 16.2. The molecule has 0 amide bonds. The molecule has 0 atom stereocenters. The first kappa shape index (κ1) is 24.4. The molecule has 0 aliphatic rings. The van der Waals surface area contributed by atoms with Gasteiger partial charge in [-0.25, -0.2) is 4.90 Å². The molecule has 3 aromatic rings. The van der Waals surface area contributed by atoms with E-state index in [0.29, 0.717) is 17.6 Å². The summed E-state index contributed by atoms with van der Waals surface area (Å²) in [4.78, 5) is 10.6. The van der Waals surface area contributed by atoms with Crippen LogP contribution >= 0.6 is 0 Å². The molecular weight excluding hydrogens is 412 g/mol. The number of furan rings is 1. The van der Waals surface area contributed by atoms with Crippen molar-refractivity contribution in [3.8, 4) is 5.75 Å². The lowest BCUT2D eigenvalue weighted by molar-refractivity contribution is 0.415. The Morgan fingerprint density at radius 1 is 1.12 bits per heavy atom. The van der Waals surface area contributed by atoms with Gasteiger partial charge < -0.3 is 14.9 Å². The van der Waals surface area contributed by atoms with Crippen LogP contribution in [-0.4, -0.2) is 32.9 Å². The molecule has 0 aliphatic heterocycles. The molecule has 176 valence electrons. The minimum Gasteiger partial charge on any atom is -0.495 e. The maximum atomic E-state index is 6.35. The molecule has 33 heavy (non-hydrogen) atoms. The highest BCUT2D eigenvalue weighted by molar-refractivity contribution is 6.08. The summed E-state index contributed by atoms with van der Waals surface area (Å²) in [5, 5.41) is 1.97. The second kappa shape index (κ2) is 12.7. The van der Waals surface area contributed by atoms with Gasteiger partial charge in [0.1, 0.15) is 12.0 Å². The third-order valence-electron chi connectivity index (χ3n) is 5.70. The Bertz CT molecular complexity index is 1070. The number of methoxy groups -OCH3 is 1. The SMILES string of the molecule is CCCCCCN=CCCCc1ccc(OC)c(N(C(N)=NC)c2occ3ccccc23)c1. The molecule has 2 N–H and O–H groups in total. The standard InChI is InChI=1S/C27H36N4O2/c1-4-5-6-10-17-30-18-11-9-12-21-15-16-25(32-3)24(19-21)31(27(28)29-2)26-23-14-8-7-13-22(23)20-33-26/h7-8,13-16,18-20H,4-6,9-12,17H2,1-3H3,(H2,28,29). The second-order valence-corrected chi connectivity index (χ2v) is 8.09. The van der Waals surface area contributed by atoms with Gasteiger partial charge in [-0.1, -0.05) is 50.5 Å². The van der Waals surface area contributed by atoms with E-state index in [1.54, 1.807) is 20.4 Å². The Morgan fingerprint density at radius 2 is 1.97 bits per heavy atom. The van der Waals surface area contributed by atoms with E-state index < -0.39 is 0 Å². The number of fused-ring (bicyclic) bond motifs is 1. The summed E-state index contributed by atoms with van der Waals surface area (Å²) in [6.45, 7) is 3.17. The van der Waals surface area contributed by atoms with Gasteiger partial charge in [-0.15, -0.1) is 0 Å². The molecular formula is C27H36N4O2. The van der Waals surface area contributed by atoms with Crippen molar-refractivity contribution in [3.05, 3.63) is 54.3 Å². The van der Waals surface area contributed by atoms with Gasteiger partial charge in [-0.2, -0.15) is 0 Å². The third-order valence-corrected chi connectivity index (χ3v) is 5.70. The molecule has 0 unspecified atom stereocenters. The lowest BCUT2D eigenvalue weighted by Gasteiger charge is -2.24. The van der Waals surface area contributed by atoms with Crippen molar-refractivity contribution in [3.63, 3.8) is 0 Å². The maximum Gasteiger partial charge on any atom is 0.214 e. The zero-order chi connectivity index (χ0) is 23.5. The Labute approximate surface area is 197 Å². The first-order valence-corrected chi connectivity index (χ1v) is 11.8. The highest BCUT2D eigenvalue weighted by atomic mass is 16.5. The number of guanidine groups is 1. The van der Waals surface area contributed by atoms with Crippen LogP contribution in [0.15, 0.2) is 63.1 Å². The van der Waals surface area contributed by atoms with Gasteiger partial charge in [0, 0.05) is 24.4 Å². The summed E-state index contributed by atoms with van der Waals surface area (Å²) >= 11 is 0. The molecule has 0 bridgehead atoms. The Hall–Kier alpha value is -3.28. The lowest BCUT2D eigenvalue weighted by atomic mass is 10.1. The fourth-order valence-corrected chi connectivity index (χ4v) is 3.86. The van der Waals surface area contributed by atoms with Gasteiger partial charge in [0.15, 0.2) is 0 Å². The number of anilines is 2. The van der Waals surface area contributed by atoms with Crippen LogP contribution in [0.4, 0.5) is 11.6 Å². The number of aliphatic imine (C=N–C) groups is 2. The third kappa shape index (κ3) is 6.37. The van der Waals surface area contributed by atoms with E-state index in [0.717, 1.165) is 42.3 Å². The average Bonchev–Trinajstić information content (AvgIpc) is 3.27. The molecule has 0 fully saturated rings. The van der Waals surface area contributed by atoms with Crippen molar-refractivity contribution in [2.75, 3.05) is 25.6 Å². The van der Waals surface area contributed by atoms with Gasteiger partial charge in [-0.3, -0.25) is 9.98 Å².